The number of hydrogen-bond acceptors (Lipinski definition) is 4. The first kappa shape index (κ1) is 15.4. The number of rotatable bonds is 3. The van der Waals surface area contributed by atoms with Gasteiger partial charge in [0, 0.05) is 37.5 Å². The molecule has 8 heteroatoms. The molecule has 0 radical (unpaired) electrons. The number of alkyl halides is 2. The molecule has 5 nitrogen and oxygen atoms in total. The summed E-state index contributed by atoms with van der Waals surface area (Å²) in [4.78, 5) is 17.6. The number of nitrogens with zero attached hydrogens (tertiary/aromatic N) is 2. The van der Waals surface area contributed by atoms with E-state index in [0.29, 0.717) is 4.88 Å². The highest BCUT2D eigenvalue weighted by atomic mass is 32.1. The zero-order valence-electron chi connectivity index (χ0n) is 12.1. The van der Waals surface area contributed by atoms with Gasteiger partial charge in [-0.15, -0.1) is 0 Å². The third-order valence-electron chi connectivity index (χ3n) is 4.19. The van der Waals surface area contributed by atoms with Crippen LogP contribution in [0.25, 0.3) is 4.96 Å². The van der Waals surface area contributed by atoms with Crippen molar-refractivity contribution >= 4 is 22.2 Å². The molecular formula is C14H17F2N3O2S. The number of carbonyl (C=O) groups excluding carboxylic acids is 1. The Morgan fingerprint density at radius 2 is 2.14 bits per heavy atom. The van der Waals surface area contributed by atoms with Crippen molar-refractivity contribution in [2.75, 3.05) is 6.54 Å². The summed E-state index contributed by atoms with van der Waals surface area (Å²) in [6.07, 6.45) is 2.73. The van der Waals surface area contributed by atoms with Gasteiger partial charge in [-0.3, -0.25) is 9.20 Å². The number of imidazole rings is 1. The predicted molar refractivity (Wildman–Crippen MR) is 78.5 cm³/mol. The van der Waals surface area contributed by atoms with Gasteiger partial charge in [0.05, 0.1) is 5.60 Å². The monoisotopic (exact) mass is 329 g/mol. The molecule has 3 rings (SSSR count). The molecule has 0 spiro atoms. The maximum atomic E-state index is 13.1. The van der Waals surface area contributed by atoms with Crippen molar-refractivity contribution in [3.8, 4) is 0 Å². The van der Waals surface area contributed by atoms with Gasteiger partial charge in [-0.1, -0.05) is 11.3 Å². The summed E-state index contributed by atoms with van der Waals surface area (Å²) < 4.78 is 28.1. The van der Waals surface area contributed by atoms with Gasteiger partial charge in [-0.05, 0) is 19.8 Å². The Morgan fingerprint density at radius 1 is 1.45 bits per heavy atom. The van der Waals surface area contributed by atoms with Gasteiger partial charge in [-0.25, -0.2) is 13.8 Å². The second kappa shape index (κ2) is 5.27. The second-order valence-corrected chi connectivity index (χ2v) is 6.84. The molecule has 2 N–H and O–H groups in total. The standard InChI is InChI=1S/C14H17F2N3O2S/c1-9-10(22-12-17-6-7-19(9)12)11(20)18-8-13(21)2-4-14(15,16)5-3-13/h6-7,21H,2-5,8H2,1H3,(H,18,20). The molecule has 1 saturated carbocycles. The van der Waals surface area contributed by atoms with E-state index in [2.05, 4.69) is 10.3 Å². The Bertz CT molecular complexity index is 700. The van der Waals surface area contributed by atoms with E-state index in [9.17, 15) is 18.7 Å². The summed E-state index contributed by atoms with van der Waals surface area (Å²) in [6.45, 7) is 1.80. The first-order valence-electron chi connectivity index (χ1n) is 7.11. The van der Waals surface area contributed by atoms with Crippen molar-refractivity contribution in [2.45, 2.75) is 44.1 Å². The number of aromatic nitrogens is 2. The molecule has 1 fully saturated rings. The summed E-state index contributed by atoms with van der Waals surface area (Å²) in [5.41, 5.74) is -0.472. The van der Waals surface area contributed by atoms with Crippen molar-refractivity contribution in [2.24, 2.45) is 0 Å². The smallest absolute Gasteiger partial charge is 0.263 e. The average molecular weight is 329 g/mol. The highest BCUT2D eigenvalue weighted by Crippen LogP contribution is 2.38. The molecule has 22 heavy (non-hydrogen) atoms. The number of nitrogens with one attached hydrogen (secondary N) is 1. The van der Waals surface area contributed by atoms with E-state index in [1.165, 1.54) is 11.3 Å². The minimum atomic E-state index is -2.70. The molecule has 2 heterocycles. The van der Waals surface area contributed by atoms with E-state index in [1.807, 2.05) is 11.3 Å². The molecule has 2 aromatic rings. The highest BCUT2D eigenvalue weighted by molar-refractivity contribution is 7.19. The Balaban J connectivity index is 1.65. The van der Waals surface area contributed by atoms with E-state index in [-0.39, 0.29) is 38.1 Å². The van der Waals surface area contributed by atoms with E-state index in [4.69, 9.17) is 0 Å². The first-order chi connectivity index (χ1) is 10.3. The zero-order valence-corrected chi connectivity index (χ0v) is 12.9. The summed E-state index contributed by atoms with van der Waals surface area (Å²) >= 11 is 1.26. The van der Waals surface area contributed by atoms with Crippen LogP contribution in [-0.2, 0) is 0 Å². The van der Waals surface area contributed by atoms with Crippen LogP contribution in [0.4, 0.5) is 8.78 Å². The first-order valence-corrected chi connectivity index (χ1v) is 7.92. The molecule has 120 valence electrons. The van der Waals surface area contributed by atoms with Gasteiger partial charge in [0.2, 0.25) is 5.92 Å². The lowest BCUT2D eigenvalue weighted by Gasteiger charge is -2.35. The number of aliphatic hydroxyl groups is 1. The van der Waals surface area contributed by atoms with Crippen LogP contribution < -0.4 is 5.32 Å². The van der Waals surface area contributed by atoms with Crippen LogP contribution in [0.5, 0.6) is 0 Å². The maximum Gasteiger partial charge on any atom is 0.263 e. The van der Waals surface area contributed by atoms with Gasteiger partial charge in [0.1, 0.15) is 4.88 Å². The fraction of sp³-hybridized carbons (Fsp3) is 0.571. The molecule has 0 saturated heterocycles. The molecule has 1 aliphatic carbocycles. The van der Waals surface area contributed by atoms with Crippen LogP contribution in [0.15, 0.2) is 12.4 Å². The lowest BCUT2D eigenvalue weighted by Crippen LogP contribution is -2.47. The van der Waals surface area contributed by atoms with Crippen molar-refractivity contribution in [3.63, 3.8) is 0 Å². The fourth-order valence-corrected chi connectivity index (χ4v) is 3.69. The number of halogens is 2. The Morgan fingerprint density at radius 3 is 2.77 bits per heavy atom. The van der Waals surface area contributed by atoms with Crippen LogP contribution in [0.3, 0.4) is 0 Å². The van der Waals surface area contributed by atoms with Gasteiger partial charge >= 0.3 is 0 Å². The lowest BCUT2D eigenvalue weighted by atomic mass is 9.83. The van der Waals surface area contributed by atoms with Crippen LogP contribution in [0, 0.1) is 6.92 Å². The third kappa shape index (κ3) is 2.85. The van der Waals surface area contributed by atoms with Gasteiger partial charge in [-0.2, -0.15) is 0 Å². The van der Waals surface area contributed by atoms with Crippen LogP contribution >= 0.6 is 11.3 Å². The number of hydrogen-bond donors (Lipinski definition) is 2. The normalized spacial score (nSPS) is 20.2. The number of carbonyl (C=O) groups is 1. The van der Waals surface area contributed by atoms with E-state index in [0.717, 1.165) is 10.7 Å². The maximum absolute atomic E-state index is 13.1. The third-order valence-corrected chi connectivity index (χ3v) is 5.36. The Labute approximate surface area is 130 Å². The minimum absolute atomic E-state index is 0.00692. The number of amides is 1. The molecule has 0 aromatic carbocycles. The topological polar surface area (TPSA) is 66.6 Å². The number of aryl methyl sites for hydroxylation is 1. The largest absolute Gasteiger partial charge is 0.388 e. The van der Waals surface area contributed by atoms with Crippen molar-refractivity contribution in [1.82, 2.24) is 14.7 Å². The average Bonchev–Trinajstić information content (AvgIpc) is 3.04. The Hall–Kier alpha value is -1.54. The quantitative estimate of drug-likeness (QED) is 0.908. The molecule has 1 aliphatic rings. The van der Waals surface area contributed by atoms with E-state index < -0.39 is 11.5 Å². The van der Waals surface area contributed by atoms with Gasteiger partial charge in [0.25, 0.3) is 5.91 Å². The summed E-state index contributed by atoms with van der Waals surface area (Å²) in [7, 11) is 0. The van der Waals surface area contributed by atoms with Crippen molar-refractivity contribution in [1.29, 1.82) is 0 Å². The summed E-state index contributed by atoms with van der Waals surface area (Å²) in [6, 6.07) is 0. The molecule has 1 amide bonds. The van der Waals surface area contributed by atoms with E-state index in [1.54, 1.807) is 12.4 Å². The predicted octanol–water partition coefficient (Wildman–Crippen LogP) is 2.37. The molecule has 0 unspecified atom stereocenters. The van der Waals surface area contributed by atoms with Crippen LogP contribution in [0.1, 0.15) is 41.0 Å². The van der Waals surface area contributed by atoms with Crippen LogP contribution in [-0.4, -0.2) is 38.5 Å². The van der Waals surface area contributed by atoms with E-state index >= 15 is 0 Å². The number of thiazole rings is 1. The molecule has 2 aromatic heterocycles. The number of fused-ring (bicyclic) bond motifs is 1. The summed E-state index contributed by atoms with van der Waals surface area (Å²) in [5.74, 6) is -3.01. The molecule has 0 bridgehead atoms. The lowest BCUT2D eigenvalue weighted by molar-refractivity contribution is -0.101. The summed E-state index contributed by atoms with van der Waals surface area (Å²) in [5, 5.41) is 13.0. The second-order valence-electron chi connectivity index (χ2n) is 5.86. The zero-order chi connectivity index (χ0) is 16.0. The van der Waals surface area contributed by atoms with Gasteiger partial charge in [0.15, 0.2) is 4.96 Å². The molecule has 0 atom stereocenters. The van der Waals surface area contributed by atoms with Gasteiger partial charge < -0.3 is 10.4 Å². The van der Waals surface area contributed by atoms with Crippen LogP contribution in [0.2, 0.25) is 0 Å². The van der Waals surface area contributed by atoms with Crippen molar-refractivity contribution < 1.29 is 18.7 Å². The minimum Gasteiger partial charge on any atom is -0.388 e. The highest BCUT2D eigenvalue weighted by Gasteiger charge is 2.42. The fourth-order valence-electron chi connectivity index (χ4n) is 2.69. The molecular weight excluding hydrogens is 312 g/mol. The van der Waals surface area contributed by atoms with Crippen molar-refractivity contribution in [3.05, 3.63) is 23.0 Å². The SMILES string of the molecule is Cc1c(C(=O)NCC2(O)CCC(F)(F)CC2)sc2nccn12. The Kier molecular flexibility index (Phi) is 3.68. The molecule has 0 aliphatic heterocycles.